The monoisotopic (exact) mass is 598 g/mol. The van der Waals surface area contributed by atoms with E-state index in [4.69, 9.17) is 36.0 Å². The van der Waals surface area contributed by atoms with Crippen molar-refractivity contribution in [2.45, 2.75) is 62.8 Å². The number of thioether (sulfide) groups is 1. The lowest BCUT2D eigenvalue weighted by molar-refractivity contribution is -0.158. The Morgan fingerprint density at radius 1 is 1.02 bits per heavy atom. The van der Waals surface area contributed by atoms with Crippen LogP contribution >= 0.6 is 23.4 Å². The highest BCUT2D eigenvalue weighted by Crippen LogP contribution is 2.41. The molecule has 1 aliphatic carbocycles. The zero-order valence-corrected chi connectivity index (χ0v) is 25.0. The van der Waals surface area contributed by atoms with Crippen molar-refractivity contribution in [3.05, 3.63) is 59.6 Å². The molecular formula is C32H39ClN2O5S. The Morgan fingerprint density at radius 2 is 1.80 bits per heavy atom. The summed E-state index contributed by atoms with van der Waals surface area (Å²) in [5.41, 5.74) is 4.40. The Balaban J connectivity index is 1.36. The molecule has 1 atom stereocenters. The summed E-state index contributed by atoms with van der Waals surface area (Å²) in [6, 6.07) is 18.5. The van der Waals surface area contributed by atoms with Crippen molar-refractivity contribution in [2.75, 3.05) is 32.2 Å². The van der Waals surface area contributed by atoms with Crippen LogP contribution in [0.2, 0.25) is 5.02 Å². The van der Waals surface area contributed by atoms with E-state index < -0.39 is 5.97 Å². The Kier molecular flexibility index (Phi) is 11.2. The van der Waals surface area contributed by atoms with Crippen molar-refractivity contribution in [1.82, 2.24) is 9.78 Å². The van der Waals surface area contributed by atoms with Crippen LogP contribution in [0.25, 0.3) is 22.4 Å². The predicted octanol–water partition coefficient (Wildman–Crippen LogP) is 7.41. The first-order chi connectivity index (χ1) is 20.1. The van der Waals surface area contributed by atoms with E-state index in [0.717, 1.165) is 91.3 Å². The minimum atomic E-state index is -0.913. The molecule has 0 radical (unpaired) electrons. The van der Waals surface area contributed by atoms with Gasteiger partial charge in [-0.1, -0.05) is 54.1 Å². The van der Waals surface area contributed by atoms with Crippen LogP contribution in [0.4, 0.5) is 0 Å². The molecule has 1 unspecified atom stereocenters. The summed E-state index contributed by atoms with van der Waals surface area (Å²) in [5.74, 6) is 0.770. The van der Waals surface area contributed by atoms with Crippen molar-refractivity contribution in [3.8, 4) is 22.4 Å². The molecule has 0 bridgehead atoms. The maximum Gasteiger partial charge on any atom is 0.329 e. The number of ether oxygens (including phenoxy) is 3. The van der Waals surface area contributed by atoms with Gasteiger partial charge in [0, 0.05) is 35.1 Å². The van der Waals surface area contributed by atoms with E-state index in [0.29, 0.717) is 30.1 Å². The molecule has 2 fully saturated rings. The number of carboxylic acid groups (broad SMARTS) is 1. The molecule has 1 N–H and O–H groups in total. The van der Waals surface area contributed by atoms with E-state index >= 15 is 0 Å². The van der Waals surface area contributed by atoms with Gasteiger partial charge in [-0.3, -0.25) is 4.68 Å². The van der Waals surface area contributed by atoms with Crippen molar-refractivity contribution in [3.63, 3.8) is 0 Å². The average Bonchev–Trinajstić information content (AvgIpc) is 3.35. The molecule has 220 valence electrons. The van der Waals surface area contributed by atoms with Gasteiger partial charge in [0.2, 0.25) is 0 Å². The van der Waals surface area contributed by atoms with Gasteiger partial charge in [-0.05, 0) is 74.5 Å². The second-order valence-electron chi connectivity index (χ2n) is 10.9. The number of rotatable bonds is 13. The highest BCUT2D eigenvalue weighted by molar-refractivity contribution is 7.99. The molecular weight excluding hydrogens is 560 g/mol. The van der Waals surface area contributed by atoms with E-state index in [-0.39, 0.29) is 12.9 Å². The van der Waals surface area contributed by atoms with Crippen molar-refractivity contribution in [1.29, 1.82) is 0 Å². The number of nitrogens with zero attached hydrogens (tertiary/aromatic N) is 2. The molecule has 1 aliphatic heterocycles. The summed E-state index contributed by atoms with van der Waals surface area (Å²) in [6.45, 7) is 2.50. The number of benzene rings is 2. The first kappa shape index (κ1) is 30.1. The highest BCUT2D eigenvalue weighted by Gasteiger charge is 2.26. The van der Waals surface area contributed by atoms with Gasteiger partial charge in [0.1, 0.15) is 11.6 Å². The second-order valence-corrected chi connectivity index (χ2v) is 12.4. The summed E-state index contributed by atoms with van der Waals surface area (Å²) in [4.78, 5) is 10.8. The molecule has 5 rings (SSSR count). The van der Waals surface area contributed by atoms with E-state index in [1.54, 1.807) is 11.8 Å². The van der Waals surface area contributed by atoms with E-state index in [9.17, 15) is 4.79 Å². The van der Waals surface area contributed by atoms with Crippen molar-refractivity contribution >= 4 is 29.3 Å². The number of carboxylic acids is 1. The molecule has 2 aromatic carbocycles. The third-order valence-corrected chi connectivity index (χ3v) is 8.99. The zero-order chi connectivity index (χ0) is 28.4. The van der Waals surface area contributed by atoms with Crippen LogP contribution in [0, 0.1) is 11.8 Å². The number of aliphatic carboxylic acids is 1. The Labute approximate surface area is 251 Å². The highest BCUT2D eigenvalue weighted by atomic mass is 35.5. The van der Waals surface area contributed by atoms with Crippen molar-refractivity contribution < 1.29 is 24.1 Å². The number of halogens is 1. The minimum absolute atomic E-state index is 0.0983. The molecule has 0 amide bonds. The SMILES string of the molecule is O=C(O)COCC1CCC(Cn2nc(SCCOC3CCCCO3)c(-c3cccc(Cl)c3)c2-c2ccccc2)CC1. The Morgan fingerprint density at radius 3 is 2.54 bits per heavy atom. The number of aromatic nitrogens is 2. The maximum absolute atomic E-state index is 10.8. The van der Waals surface area contributed by atoms with Gasteiger partial charge < -0.3 is 19.3 Å². The quantitative estimate of drug-likeness (QED) is 0.162. The molecule has 1 aromatic heterocycles. The first-order valence-electron chi connectivity index (χ1n) is 14.6. The maximum atomic E-state index is 10.8. The van der Waals surface area contributed by atoms with Crippen molar-refractivity contribution in [2.24, 2.45) is 11.8 Å². The molecule has 41 heavy (non-hydrogen) atoms. The standard InChI is InChI=1S/C32H39ClN2O5S/c33-27-10-6-9-26(19-27)30-31(25-7-2-1-3-8-25)35(20-23-12-14-24(15-13-23)21-38-22-28(36)37)34-32(30)41-18-17-40-29-11-4-5-16-39-29/h1-3,6-10,19,23-24,29H,4-5,11-18,20-22H2,(H,36,37). The minimum Gasteiger partial charge on any atom is -0.480 e. The molecule has 2 heterocycles. The van der Waals surface area contributed by atoms with Crippen LogP contribution in [0.5, 0.6) is 0 Å². The number of hydrogen-bond donors (Lipinski definition) is 1. The zero-order valence-electron chi connectivity index (χ0n) is 23.4. The summed E-state index contributed by atoms with van der Waals surface area (Å²) < 4.78 is 19.3. The van der Waals surface area contributed by atoms with Crippen LogP contribution in [-0.4, -0.2) is 59.3 Å². The van der Waals surface area contributed by atoms with Crippen LogP contribution < -0.4 is 0 Å². The summed E-state index contributed by atoms with van der Waals surface area (Å²) in [7, 11) is 0. The van der Waals surface area contributed by atoms with Crippen LogP contribution in [-0.2, 0) is 25.5 Å². The third kappa shape index (κ3) is 8.58. The fourth-order valence-electron chi connectivity index (χ4n) is 5.77. The largest absolute Gasteiger partial charge is 0.480 e. The summed E-state index contributed by atoms with van der Waals surface area (Å²) in [5, 5.41) is 15.8. The Bertz CT molecular complexity index is 1260. The van der Waals surface area contributed by atoms with Gasteiger partial charge in [0.25, 0.3) is 0 Å². The lowest BCUT2D eigenvalue weighted by Crippen LogP contribution is -2.23. The molecule has 9 heteroatoms. The Hall–Kier alpha value is -2.36. The van der Waals surface area contributed by atoms with Gasteiger partial charge in [-0.15, -0.1) is 11.8 Å². The number of carbonyl (C=O) groups is 1. The predicted molar refractivity (Wildman–Crippen MR) is 162 cm³/mol. The van der Waals surface area contributed by atoms with Crippen LogP contribution in [0.1, 0.15) is 44.9 Å². The van der Waals surface area contributed by atoms with Gasteiger partial charge in [-0.2, -0.15) is 5.10 Å². The summed E-state index contributed by atoms with van der Waals surface area (Å²) >= 11 is 8.20. The second kappa shape index (κ2) is 15.2. The normalized spacial score (nSPS) is 21.1. The van der Waals surface area contributed by atoms with Gasteiger partial charge in [0.15, 0.2) is 6.29 Å². The van der Waals surface area contributed by atoms with Gasteiger partial charge in [-0.25, -0.2) is 4.79 Å². The lowest BCUT2D eigenvalue weighted by atomic mass is 9.82. The molecule has 2 aliphatic rings. The smallest absolute Gasteiger partial charge is 0.329 e. The first-order valence-corrected chi connectivity index (χ1v) is 16.0. The van der Waals surface area contributed by atoms with Crippen LogP contribution in [0.15, 0.2) is 59.6 Å². The topological polar surface area (TPSA) is 82.8 Å². The number of hydrogen-bond acceptors (Lipinski definition) is 6. The fourth-order valence-corrected chi connectivity index (χ4v) is 6.84. The molecule has 3 aromatic rings. The molecule has 1 saturated carbocycles. The molecule has 1 saturated heterocycles. The lowest BCUT2D eigenvalue weighted by Gasteiger charge is -2.28. The van der Waals surface area contributed by atoms with Gasteiger partial charge in [0.05, 0.1) is 18.9 Å². The van der Waals surface area contributed by atoms with E-state index in [2.05, 4.69) is 35.0 Å². The third-order valence-electron chi connectivity index (χ3n) is 7.82. The molecule has 7 nitrogen and oxygen atoms in total. The average molecular weight is 599 g/mol. The van der Waals surface area contributed by atoms with Crippen LogP contribution in [0.3, 0.4) is 0 Å². The van der Waals surface area contributed by atoms with E-state index in [1.165, 1.54) is 0 Å². The van der Waals surface area contributed by atoms with E-state index in [1.807, 2.05) is 24.3 Å². The summed E-state index contributed by atoms with van der Waals surface area (Å²) in [6.07, 6.45) is 7.33. The molecule has 0 spiro atoms. The fraction of sp³-hybridized carbons (Fsp3) is 0.500. The van der Waals surface area contributed by atoms with Gasteiger partial charge >= 0.3 is 5.97 Å².